The number of amides is 1. The third-order valence-electron chi connectivity index (χ3n) is 5.29. The van der Waals surface area contributed by atoms with Crippen molar-refractivity contribution in [3.05, 3.63) is 59.7 Å². The smallest absolute Gasteiger partial charge is 0.426 e. The quantitative estimate of drug-likeness (QED) is 0.572. The molecule has 174 valence electrons. The van der Waals surface area contributed by atoms with Gasteiger partial charge in [-0.05, 0) is 29.2 Å². The summed E-state index contributed by atoms with van der Waals surface area (Å²) in [5, 5.41) is 0. The Kier molecular flexibility index (Phi) is 7.02. The number of alkyl halides is 6. The van der Waals surface area contributed by atoms with Gasteiger partial charge in [0.25, 0.3) is 6.10 Å². The minimum atomic E-state index is -5.72. The first-order chi connectivity index (χ1) is 14.9. The van der Waals surface area contributed by atoms with Gasteiger partial charge < -0.3 is 9.64 Å². The fraction of sp³-hybridized carbons (Fsp3) is 0.409. The lowest BCUT2D eigenvalue weighted by molar-refractivity contribution is -0.308. The van der Waals surface area contributed by atoms with Crippen molar-refractivity contribution in [3.63, 3.8) is 0 Å². The number of hydrogen-bond acceptors (Lipinski definition) is 3. The van der Waals surface area contributed by atoms with Gasteiger partial charge in [-0.2, -0.15) is 26.3 Å². The van der Waals surface area contributed by atoms with Crippen LogP contribution in [0.2, 0.25) is 0 Å². The molecule has 0 bridgehead atoms. The molecule has 1 amide bonds. The van der Waals surface area contributed by atoms with Crippen LogP contribution in [0.4, 0.5) is 31.1 Å². The normalized spacial score (nSPS) is 15.8. The van der Waals surface area contributed by atoms with Gasteiger partial charge in [-0.1, -0.05) is 48.5 Å². The van der Waals surface area contributed by atoms with Crippen molar-refractivity contribution in [2.75, 3.05) is 26.2 Å². The Labute approximate surface area is 181 Å². The molecule has 1 saturated heterocycles. The van der Waals surface area contributed by atoms with E-state index in [0.717, 1.165) is 27.2 Å². The Hall–Kier alpha value is -2.75. The summed E-state index contributed by atoms with van der Waals surface area (Å²) in [6.07, 6.45) is -17.2. The lowest BCUT2D eigenvalue weighted by Gasteiger charge is -2.35. The van der Waals surface area contributed by atoms with Crippen LogP contribution in [0, 0.1) is 6.92 Å². The molecule has 0 atom stereocenters. The number of carbonyl (C=O) groups excluding carboxylic acids is 1. The Bertz CT molecular complexity index is 908. The zero-order chi connectivity index (χ0) is 23.5. The van der Waals surface area contributed by atoms with Crippen LogP contribution >= 0.6 is 0 Å². The van der Waals surface area contributed by atoms with Gasteiger partial charge in [-0.3, -0.25) is 4.90 Å². The van der Waals surface area contributed by atoms with Gasteiger partial charge in [-0.25, -0.2) is 4.79 Å². The highest BCUT2D eigenvalue weighted by Gasteiger charge is 2.60. The molecule has 10 heteroatoms. The molecule has 0 saturated carbocycles. The van der Waals surface area contributed by atoms with Crippen LogP contribution in [0.1, 0.15) is 11.1 Å². The minimum absolute atomic E-state index is 0.0254. The first kappa shape index (κ1) is 23.9. The number of piperazine rings is 1. The first-order valence-electron chi connectivity index (χ1n) is 9.91. The zero-order valence-electron chi connectivity index (χ0n) is 17.2. The molecule has 0 unspecified atom stereocenters. The van der Waals surface area contributed by atoms with Crippen molar-refractivity contribution in [2.45, 2.75) is 31.9 Å². The van der Waals surface area contributed by atoms with Crippen LogP contribution in [-0.4, -0.2) is 60.5 Å². The molecule has 4 nitrogen and oxygen atoms in total. The van der Waals surface area contributed by atoms with Crippen LogP contribution in [0.25, 0.3) is 11.1 Å². The standard InChI is InChI=1S/C22H22F6N2O2/c1-15-13-17(16-5-3-2-4-6-16)7-8-18(15)14-29-9-11-30(12-10-29)20(31)32-19(21(23,24)25)22(26,27)28/h2-8,13,19H,9-12,14H2,1H3. The third-order valence-corrected chi connectivity index (χ3v) is 5.29. The molecular weight excluding hydrogens is 438 g/mol. The predicted octanol–water partition coefficient (Wildman–Crippen LogP) is 5.41. The van der Waals surface area contributed by atoms with Crippen LogP contribution in [0.15, 0.2) is 48.5 Å². The maximum Gasteiger partial charge on any atom is 0.434 e. The Balaban J connectivity index is 1.56. The summed E-state index contributed by atoms with van der Waals surface area (Å²) < 4.78 is 79.4. The second-order valence-corrected chi connectivity index (χ2v) is 7.62. The summed E-state index contributed by atoms with van der Waals surface area (Å²) in [6.45, 7) is 3.08. The largest absolute Gasteiger partial charge is 0.434 e. The highest BCUT2D eigenvalue weighted by Crippen LogP contribution is 2.36. The number of benzene rings is 2. The monoisotopic (exact) mass is 460 g/mol. The Morgan fingerprint density at radius 1 is 0.906 bits per heavy atom. The van der Waals surface area contributed by atoms with Gasteiger partial charge in [-0.15, -0.1) is 0 Å². The highest BCUT2D eigenvalue weighted by atomic mass is 19.4. The molecule has 1 aliphatic rings. The van der Waals surface area contributed by atoms with Crippen LogP contribution in [0.3, 0.4) is 0 Å². The molecule has 0 spiro atoms. The molecule has 1 fully saturated rings. The summed E-state index contributed by atoms with van der Waals surface area (Å²) in [5.74, 6) is 0. The molecule has 0 aromatic heterocycles. The van der Waals surface area contributed by atoms with Gasteiger partial charge in [0, 0.05) is 32.7 Å². The lowest BCUT2D eigenvalue weighted by atomic mass is 9.99. The van der Waals surface area contributed by atoms with Gasteiger partial charge >= 0.3 is 18.4 Å². The summed E-state index contributed by atoms with van der Waals surface area (Å²) in [4.78, 5) is 14.7. The molecule has 1 heterocycles. The SMILES string of the molecule is Cc1cc(-c2ccccc2)ccc1CN1CCN(C(=O)OC(C(F)(F)F)C(F)(F)F)CC1. The first-order valence-corrected chi connectivity index (χ1v) is 9.91. The number of hydrogen-bond donors (Lipinski definition) is 0. The summed E-state index contributed by atoms with van der Waals surface area (Å²) in [5.41, 5.74) is 4.27. The van der Waals surface area contributed by atoms with E-state index in [1.54, 1.807) is 0 Å². The molecular formula is C22H22F6N2O2. The van der Waals surface area contributed by atoms with E-state index in [1.807, 2.05) is 54.3 Å². The molecule has 32 heavy (non-hydrogen) atoms. The number of rotatable bonds is 4. The molecule has 1 aliphatic heterocycles. The average molecular weight is 460 g/mol. The van der Waals surface area contributed by atoms with Crippen LogP contribution in [-0.2, 0) is 11.3 Å². The number of halogens is 6. The Morgan fingerprint density at radius 3 is 2.03 bits per heavy atom. The van der Waals surface area contributed by atoms with E-state index in [1.165, 1.54) is 0 Å². The van der Waals surface area contributed by atoms with Gasteiger partial charge in [0.05, 0.1) is 0 Å². The van der Waals surface area contributed by atoms with Gasteiger partial charge in [0.15, 0.2) is 0 Å². The van der Waals surface area contributed by atoms with Crippen molar-refractivity contribution in [1.29, 1.82) is 0 Å². The van der Waals surface area contributed by atoms with Crippen molar-refractivity contribution in [3.8, 4) is 11.1 Å². The molecule has 2 aromatic rings. The van der Waals surface area contributed by atoms with E-state index in [9.17, 15) is 31.1 Å². The third kappa shape index (κ3) is 5.93. The van der Waals surface area contributed by atoms with Crippen molar-refractivity contribution in [1.82, 2.24) is 9.80 Å². The number of aryl methyl sites for hydroxylation is 1. The highest BCUT2D eigenvalue weighted by molar-refractivity contribution is 5.68. The van der Waals surface area contributed by atoms with E-state index in [2.05, 4.69) is 10.8 Å². The molecule has 0 aliphatic carbocycles. The van der Waals surface area contributed by atoms with E-state index in [0.29, 0.717) is 19.6 Å². The number of ether oxygens (including phenoxy) is 1. The van der Waals surface area contributed by atoms with E-state index >= 15 is 0 Å². The molecule has 0 radical (unpaired) electrons. The number of nitrogens with zero attached hydrogens (tertiary/aromatic N) is 2. The summed E-state index contributed by atoms with van der Waals surface area (Å²) in [7, 11) is 0. The fourth-order valence-corrected chi connectivity index (χ4v) is 3.51. The molecule has 3 rings (SSSR count). The fourth-order valence-electron chi connectivity index (χ4n) is 3.51. The maximum atomic E-state index is 12.6. The maximum absolute atomic E-state index is 12.6. The van der Waals surface area contributed by atoms with E-state index in [4.69, 9.17) is 0 Å². The minimum Gasteiger partial charge on any atom is -0.426 e. The lowest BCUT2D eigenvalue weighted by Crippen LogP contribution is -2.52. The number of carbonyl (C=O) groups is 1. The van der Waals surface area contributed by atoms with Crippen LogP contribution < -0.4 is 0 Å². The molecule has 0 N–H and O–H groups in total. The van der Waals surface area contributed by atoms with Gasteiger partial charge in [0.1, 0.15) is 0 Å². The Morgan fingerprint density at radius 2 is 1.50 bits per heavy atom. The summed E-state index contributed by atoms with van der Waals surface area (Å²) in [6, 6.07) is 15.9. The van der Waals surface area contributed by atoms with E-state index < -0.39 is 24.5 Å². The van der Waals surface area contributed by atoms with Crippen molar-refractivity contribution in [2.24, 2.45) is 0 Å². The van der Waals surface area contributed by atoms with Crippen molar-refractivity contribution < 1.29 is 35.9 Å². The van der Waals surface area contributed by atoms with E-state index in [-0.39, 0.29) is 13.1 Å². The second-order valence-electron chi connectivity index (χ2n) is 7.62. The predicted molar refractivity (Wildman–Crippen MR) is 106 cm³/mol. The van der Waals surface area contributed by atoms with Gasteiger partial charge in [0.2, 0.25) is 0 Å². The second kappa shape index (κ2) is 9.40. The topological polar surface area (TPSA) is 32.8 Å². The zero-order valence-corrected chi connectivity index (χ0v) is 17.2. The van der Waals surface area contributed by atoms with Crippen molar-refractivity contribution >= 4 is 6.09 Å². The van der Waals surface area contributed by atoms with Crippen LogP contribution in [0.5, 0.6) is 0 Å². The molecule has 2 aromatic carbocycles. The average Bonchev–Trinajstić information content (AvgIpc) is 2.73. The summed E-state index contributed by atoms with van der Waals surface area (Å²) >= 11 is 0.